The summed E-state index contributed by atoms with van der Waals surface area (Å²) in [7, 11) is -3.44. The van der Waals surface area contributed by atoms with Crippen LogP contribution in [0.25, 0.3) is 0 Å². The summed E-state index contributed by atoms with van der Waals surface area (Å²) in [6.45, 7) is 6.99. The third-order valence-electron chi connectivity index (χ3n) is 3.71. The van der Waals surface area contributed by atoms with Gasteiger partial charge in [-0.05, 0) is 43.0 Å². The number of anilines is 1. The Morgan fingerprint density at radius 1 is 1.38 bits per heavy atom. The summed E-state index contributed by atoms with van der Waals surface area (Å²) < 4.78 is 29.1. The van der Waals surface area contributed by atoms with Gasteiger partial charge in [-0.1, -0.05) is 26.0 Å². The highest BCUT2D eigenvalue weighted by Gasteiger charge is 2.26. The monoisotopic (exact) mass is 311 g/mol. The molecule has 0 spiro atoms. The van der Waals surface area contributed by atoms with Crippen molar-refractivity contribution in [3.8, 4) is 0 Å². The number of hydrogen-bond acceptors (Lipinski definition) is 3. The molecule has 0 radical (unpaired) electrons. The molecule has 1 aliphatic heterocycles. The molecule has 1 atom stereocenters. The van der Waals surface area contributed by atoms with E-state index < -0.39 is 10.2 Å². The summed E-state index contributed by atoms with van der Waals surface area (Å²) >= 11 is 0. The summed E-state index contributed by atoms with van der Waals surface area (Å²) in [5.74, 6) is 0.426. The maximum Gasteiger partial charge on any atom is 0.301 e. The van der Waals surface area contributed by atoms with Crippen molar-refractivity contribution in [3.05, 3.63) is 29.8 Å². The van der Waals surface area contributed by atoms with Crippen LogP contribution in [0.4, 0.5) is 5.69 Å². The first kappa shape index (κ1) is 16.3. The molecule has 6 heteroatoms. The van der Waals surface area contributed by atoms with Crippen LogP contribution >= 0.6 is 0 Å². The number of hydrogen-bond donors (Lipinski definition) is 2. The predicted molar refractivity (Wildman–Crippen MR) is 86.3 cm³/mol. The van der Waals surface area contributed by atoms with E-state index in [9.17, 15) is 8.42 Å². The van der Waals surface area contributed by atoms with Crippen molar-refractivity contribution in [1.29, 1.82) is 0 Å². The predicted octanol–water partition coefficient (Wildman–Crippen LogP) is 2.18. The van der Waals surface area contributed by atoms with Gasteiger partial charge in [0, 0.05) is 19.6 Å². The average Bonchev–Trinajstić information content (AvgIpc) is 2.45. The van der Waals surface area contributed by atoms with E-state index in [0.29, 0.717) is 24.7 Å². The molecule has 0 aliphatic carbocycles. The van der Waals surface area contributed by atoms with Gasteiger partial charge in [-0.3, -0.25) is 4.72 Å². The van der Waals surface area contributed by atoms with Crippen LogP contribution in [0, 0.1) is 5.92 Å². The van der Waals surface area contributed by atoms with Crippen LogP contribution in [-0.4, -0.2) is 32.4 Å². The topological polar surface area (TPSA) is 61.4 Å². The second-order valence-corrected chi connectivity index (χ2v) is 7.36. The Labute approximate surface area is 127 Å². The van der Waals surface area contributed by atoms with E-state index in [0.717, 1.165) is 31.5 Å². The standard InChI is InChI=1S/C15H25N3O2S/c1-3-16-11-14-7-4-8-15(10-14)17-21(19,20)18-9-5-6-13(2)12-18/h4,7-8,10,13,16-17H,3,5-6,9,11-12H2,1-2H3. The molecule has 1 fully saturated rings. The quantitative estimate of drug-likeness (QED) is 0.846. The Balaban J connectivity index is 2.05. The SMILES string of the molecule is CCNCc1cccc(NS(=O)(=O)N2CCCC(C)C2)c1. The normalized spacial score (nSPS) is 20.4. The zero-order chi connectivity index (χ0) is 15.3. The van der Waals surface area contributed by atoms with Crippen LogP contribution in [0.15, 0.2) is 24.3 Å². The van der Waals surface area contributed by atoms with Crippen LogP contribution in [0.2, 0.25) is 0 Å². The number of nitrogens with one attached hydrogen (secondary N) is 2. The van der Waals surface area contributed by atoms with Crippen LogP contribution in [0.1, 0.15) is 32.3 Å². The molecule has 1 aromatic rings. The number of rotatable bonds is 6. The lowest BCUT2D eigenvalue weighted by Crippen LogP contribution is -2.42. The molecule has 2 N–H and O–H groups in total. The Hall–Kier alpha value is -1.11. The molecule has 1 aromatic carbocycles. The zero-order valence-electron chi connectivity index (χ0n) is 12.8. The highest BCUT2D eigenvalue weighted by atomic mass is 32.2. The number of nitrogens with zero attached hydrogens (tertiary/aromatic N) is 1. The summed E-state index contributed by atoms with van der Waals surface area (Å²) in [5, 5.41) is 3.24. The van der Waals surface area contributed by atoms with Gasteiger partial charge in [-0.15, -0.1) is 0 Å². The van der Waals surface area contributed by atoms with Crippen molar-refractivity contribution in [3.63, 3.8) is 0 Å². The first-order chi connectivity index (χ1) is 10.0. The Bertz CT molecular complexity index is 560. The first-order valence-electron chi connectivity index (χ1n) is 7.59. The third kappa shape index (κ3) is 4.69. The van der Waals surface area contributed by atoms with Gasteiger partial charge in [-0.2, -0.15) is 12.7 Å². The molecule has 1 aliphatic rings. The smallest absolute Gasteiger partial charge is 0.301 e. The fraction of sp³-hybridized carbons (Fsp3) is 0.600. The number of benzene rings is 1. The lowest BCUT2D eigenvalue weighted by atomic mass is 10.0. The molecule has 118 valence electrons. The van der Waals surface area contributed by atoms with Crippen LogP contribution in [0.3, 0.4) is 0 Å². The van der Waals surface area contributed by atoms with Crippen LogP contribution in [0.5, 0.6) is 0 Å². The minimum Gasteiger partial charge on any atom is -0.313 e. The van der Waals surface area contributed by atoms with E-state index in [2.05, 4.69) is 17.0 Å². The van der Waals surface area contributed by atoms with Crippen LogP contribution < -0.4 is 10.0 Å². The van der Waals surface area contributed by atoms with E-state index in [1.54, 1.807) is 10.4 Å². The second-order valence-electron chi connectivity index (χ2n) is 5.69. The molecule has 0 bridgehead atoms. The van der Waals surface area contributed by atoms with Gasteiger partial charge in [0.2, 0.25) is 0 Å². The average molecular weight is 311 g/mol. The Morgan fingerprint density at radius 3 is 2.90 bits per heavy atom. The van der Waals surface area contributed by atoms with Crippen molar-refractivity contribution in [2.24, 2.45) is 5.92 Å². The molecule has 1 unspecified atom stereocenters. The van der Waals surface area contributed by atoms with Gasteiger partial charge in [0.15, 0.2) is 0 Å². The van der Waals surface area contributed by atoms with Crippen LogP contribution in [-0.2, 0) is 16.8 Å². The number of piperidine rings is 1. The fourth-order valence-electron chi connectivity index (χ4n) is 2.59. The van der Waals surface area contributed by atoms with Gasteiger partial charge >= 0.3 is 10.2 Å². The van der Waals surface area contributed by atoms with Gasteiger partial charge in [-0.25, -0.2) is 0 Å². The molecule has 0 saturated carbocycles. The molecular weight excluding hydrogens is 286 g/mol. The van der Waals surface area contributed by atoms with E-state index >= 15 is 0 Å². The highest BCUT2D eigenvalue weighted by molar-refractivity contribution is 7.90. The zero-order valence-corrected chi connectivity index (χ0v) is 13.6. The molecule has 5 nitrogen and oxygen atoms in total. The summed E-state index contributed by atoms with van der Waals surface area (Å²) in [6.07, 6.45) is 2.03. The van der Waals surface area contributed by atoms with Crippen molar-refractivity contribution in [1.82, 2.24) is 9.62 Å². The minimum atomic E-state index is -3.44. The first-order valence-corrected chi connectivity index (χ1v) is 9.03. The van der Waals surface area contributed by atoms with Gasteiger partial charge < -0.3 is 5.32 Å². The van der Waals surface area contributed by atoms with Gasteiger partial charge in [0.1, 0.15) is 0 Å². The van der Waals surface area contributed by atoms with Crippen molar-refractivity contribution >= 4 is 15.9 Å². The molecule has 2 rings (SSSR count). The molecule has 0 aromatic heterocycles. The molecular formula is C15H25N3O2S. The lowest BCUT2D eigenvalue weighted by molar-refractivity contribution is 0.282. The lowest BCUT2D eigenvalue weighted by Gasteiger charge is -2.30. The third-order valence-corrected chi connectivity index (χ3v) is 5.22. The van der Waals surface area contributed by atoms with E-state index in [1.165, 1.54) is 0 Å². The van der Waals surface area contributed by atoms with Crippen molar-refractivity contribution in [2.45, 2.75) is 33.2 Å². The van der Waals surface area contributed by atoms with E-state index in [4.69, 9.17) is 0 Å². The Morgan fingerprint density at radius 2 is 2.19 bits per heavy atom. The van der Waals surface area contributed by atoms with E-state index in [-0.39, 0.29) is 0 Å². The highest BCUT2D eigenvalue weighted by Crippen LogP contribution is 2.20. The second kappa shape index (κ2) is 7.24. The Kier molecular flexibility index (Phi) is 5.61. The van der Waals surface area contributed by atoms with Crippen molar-refractivity contribution < 1.29 is 8.42 Å². The van der Waals surface area contributed by atoms with E-state index in [1.807, 2.05) is 25.1 Å². The van der Waals surface area contributed by atoms with Gasteiger partial charge in [0.05, 0.1) is 5.69 Å². The maximum atomic E-state index is 12.4. The molecule has 1 heterocycles. The van der Waals surface area contributed by atoms with Gasteiger partial charge in [0.25, 0.3) is 0 Å². The molecule has 0 amide bonds. The maximum absolute atomic E-state index is 12.4. The summed E-state index contributed by atoms with van der Waals surface area (Å²) in [6, 6.07) is 7.54. The largest absolute Gasteiger partial charge is 0.313 e. The summed E-state index contributed by atoms with van der Waals surface area (Å²) in [4.78, 5) is 0. The van der Waals surface area contributed by atoms with Crippen molar-refractivity contribution in [2.75, 3.05) is 24.4 Å². The summed E-state index contributed by atoms with van der Waals surface area (Å²) in [5.41, 5.74) is 1.70. The minimum absolute atomic E-state index is 0.426. The molecule has 1 saturated heterocycles. The molecule has 21 heavy (non-hydrogen) atoms. The fourth-order valence-corrected chi connectivity index (χ4v) is 3.97.